The fourth-order valence-corrected chi connectivity index (χ4v) is 1.56. The Morgan fingerprint density at radius 2 is 2.12 bits per heavy atom. The van der Waals surface area contributed by atoms with Gasteiger partial charge in [0.05, 0.1) is 6.04 Å². The van der Waals surface area contributed by atoms with Crippen LogP contribution in [0.5, 0.6) is 0 Å². The monoisotopic (exact) mass is 244 g/mol. The molecule has 3 nitrogen and oxygen atoms in total. The fourth-order valence-electron chi connectivity index (χ4n) is 1.56. The second kappa shape index (κ2) is 7.32. The van der Waals surface area contributed by atoms with Crippen molar-refractivity contribution in [3.63, 3.8) is 0 Å². The van der Waals surface area contributed by atoms with Crippen LogP contribution in [-0.2, 0) is 4.74 Å². The predicted octanol–water partition coefficient (Wildman–Crippen LogP) is 2.29. The number of halogens is 2. The van der Waals surface area contributed by atoms with Crippen LogP contribution in [-0.4, -0.2) is 13.2 Å². The van der Waals surface area contributed by atoms with E-state index in [1.807, 2.05) is 6.92 Å². The summed E-state index contributed by atoms with van der Waals surface area (Å²) in [6.45, 7) is 3.17. The molecule has 1 atom stereocenters. The van der Waals surface area contributed by atoms with E-state index in [-0.39, 0.29) is 6.04 Å². The van der Waals surface area contributed by atoms with Gasteiger partial charge in [-0.2, -0.15) is 0 Å². The van der Waals surface area contributed by atoms with Crippen LogP contribution in [0.4, 0.5) is 8.78 Å². The Kier molecular flexibility index (Phi) is 6.04. The van der Waals surface area contributed by atoms with Gasteiger partial charge in [-0.1, -0.05) is 13.0 Å². The summed E-state index contributed by atoms with van der Waals surface area (Å²) in [7, 11) is 0. The molecule has 1 aromatic carbocycles. The highest BCUT2D eigenvalue weighted by atomic mass is 19.1. The minimum Gasteiger partial charge on any atom is -0.381 e. The van der Waals surface area contributed by atoms with Crippen LogP contribution in [0, 0.1) is 11.6 Å². The number of hydrogen-bond donors (Lipinski definition) is 2. The number of rotatable bonds is 7. The SMILES string of the molecule is CCCOCCC(NN)c1ccc(F)cc1F. The van der Waals surface area contributed by atoms with Gasteiger partial charge in [-0.15, -0.1) is 0 Å². The van der Waals surface area contributed by atoms with E-state index in [1.54, 1.807) is 0 Å². The summed E-state index contributed by atoms with van der Waals surface area (Å²) in [6, 6.07) is 3.10. The maximum atomic E-state index is 13.5. The number of benzene rings is 1. The van der Waals surface area contributed by atoms with Gasteiger partial charge in [0, 0.05) is 24.8 Å². The lowest BCUT2D eigenvalue weighted by atomic mass is 10.0. The molecule has 0 radical (unpaired) electrons. The van der Waals surface area contributed by atoms with Crippen molar-refractivity contribution in [1.82, 2.24) is 5.43 Å². The Labute approximate surface area is 99.9 Å². The van der Waals surface area contributed by atoms with Gasteiger partial charge in [-0.3, -0.25) is 11.3 Å². The third kappa shape index (κ3) is 4.38. The van der Waals surface area contributed by atoms with Crippen molar-refractivity contribution in [3.05, 3.63) is 35.4 Å². The molecule has 0 aliphatic heterocycles. The number of hydrogen-bond acceptors (Lipinski definition) is 3. The summed E-state index contributed by atoms with van der Waals surface area (Å²) < 4.78 is 31.5. The molecular formula is C12H18F2N2O. The van der Waals surface area contributed by atoms with E-state index in [1.165, 1.54) is 12.1 Å². The van der Waals surface area contributed by atoms with Crippen LogP contribution in [0.1, 0.15) is 31.4 Å². The third-order valence-corrected chi connectivity index (χ3v) is 2.44. The second-order valence-corrected chi connectivity index (χ2v) is 3.79. The minimum absolute atomic E-state index is 0.356. The topological polar surface area (TPSA) is 47.3 Å². The van der Waals surface area contributed by atoms with Crippen molar-refractivity contribution in [1.29, 1.82) is 0 Å². The lowest BCUT2D eigenvalue weighted by Crippen LogP contribution is -2.29. The standard InChI is InChI=1S/C12H18F2N2O/c1-2-6-17-7-5-12(16-15)10-4-3-9(13)8-11(10)14/h3-4,8,12,16H,2,5-7,15H2,1H3. The van der Waals surface area contributed by atoms with Crippen LogP contribution in [0.3, 0.4) is 0 Å². The van der Waals surface area contributed by atoms with Crippen molar-refractivity contribution in [3.8, 4) is 0 Å². The summed E-state index contributed by atoms with van der Waals surface area (Å²) >= 11 is 0. The van der Waals surface area contributed by atoms with Crippen LogP contribution < -0.4 is 11.3 Å². The van der Waals surface area contributed by atoms with E-state index >= 15 is 0 Å². The molecule has 0 spiro atoms. The first-order chi connectivity index (χ1) is 8.19. The van der Waals surface area contributed by atoms with E-state index in [9.17, 15) is 8.78 Å². The van der Waals surface area contributed by atoms with E-state index in [4.69, 9.17) is 10.6 Å². The zero-order chi connectivity index (χ0) is 12.7. The van der Waals surface area contributed by atoms with Crippen LogP contribution >= 0.6 is 0 Å². The quantitative estimate of drug-likeness (QED) is 0.439. The first kappa shape index (κ1) is 14.0. The molecule has 0 aliphatic rings. The van der Waals surface area contributed by atoms with Crippen molar-refractivity contribution < 1.29 is 13.5 Å². The first-order valence-corrected chi connectivity index (χ1v) is 5.67. The molecule has 0 bridgehead atoms. The summed E-state index contributed by atoms with van der Waals surface area (Å²) in [6.07, 6.45) is 1.48. The average molecular weight is 244 g/mol. The smallest absolute Gasteiger partial charge is 0.130 e. The lowest BCUT2D eigenvalue weighted by molar-refractivity contribution is 0.124. The lowest BCUT2D eigenvalue weighted by Gasteiger charge is -2.17. The Morgan fingerprint density at radius 1 is 1.35 bits per heavy atom. The molecule has 0 heterocycles. The highest BCUT2D eigenvalue weighted by Gasteiger charge is 2.14. The summed E-state index contributed by atoms with van der Waals surface area (Å²) in [5, 5.41) is 0. The molecule has 0 saturated carbocycles. The minimum atomic E-state index is -0.594. The van der Waals surface area contributed by atoms with Crippen molar-refractivity contribution >= 4 is 0 Å². The maximum Gasteiger partial charge on any atom is 0.130 e. The molecule has 0 fully saturated rings. The van der Waals surface area contributed by atoms with Gasteiger partial charge in [0.1, 0.15) is 11.6 Å². The van der Waals surface area contributed by atoms with E-state index < -0.39 is 11.6 Å². The predicted molar refractivity (Wildman–Crippen MR) is 62.1 cm³/mol. The zero-order valence-electron chi connectivity index (χ0n) is 9.88. The van der Waals surface area contributed by atoms with Gasteiger partial charge >= 0.3 is 0 Å². The number of hydrazine groups is 1. The molecule has 0 aliphatic carbocycles. The molecule has 5 heteroatoms. The zero-order valence-corrected chi connectivity index (χ0v) is 9.88. The molecular weight excluding hydrogens is 226 g/mol. The maximum absolute atomic E-state index is 13.5. The van der Waals surface area contributed by atoms with Gasteiger partial charge in [0.25, 0.3) is 0 Å². The van der Waals surface area contributed by atoms with Gasteiger partial charge < -0.3 is 4.74 Å². The molecule has 0 amide bonds. The molecule has 1 aromatic rings. The molecule has 1 unspecified atom stereocenters. The molecule has 96 valence electrons. The van der Waals surface area contributed by atoms with Crippen LogP contribution in [0.15, 0.2) is 18.2 Å². The Balaban J connectivity index is 2.59. The van der Waals surface area contributed by atoms with Crippen molar-refractivity contribution in [2.24, 2.45) is 5.84 Å². The van der Waals surface area contributed by atoms with Gasteiger partial charge in [0.15, 0.2) is 0 Å². The molecule has 0 aromatic heterocycles. The van der Waals surface area contributed by atoms with E-state index in [0.29, 0.717) is 25.2 Å². The number of ether oxygens (including phenoxy) is 1. The highest BCUT2D eigenvalue weighted by Crippen LogP contribution is 2.20. The van der Waals surface area contributed by atoms with Gasteiger partial charge in [-0.05, 0) is 18.9 Å². The van der Waals surface area contributed by atoms with E-state index in [0.717, 1.165) is 12.5 Å². The largest absolute Gasteiger partial charge is 0.381 e. The Bertz CT molecular complexity index is 347. The van der Waals surface area contributed by atoms with Gasteiger partial charge in [0.2, 0.25) is 0 Å². The number of nitrogens with two attached hydrogens (primary N) is 1. The van der Waals surface area contributed by atoms with Gasteiger partial charge in [-0.25, -0.2) is 8.78 Å². The summed E-state index contributed by atoms with van der Waals surface area (Å²) in [4.78, 5) is 0. The molecule has 1 rings (SSSR count). The third-order valence-electron chi connectivity index (χ3n) is 2.44. The molecule has 17 heavy (non-hydrogen) atoms. The Morgan fingerprint density at radius 3 is 2.71 bits per heavy atom. The van der Waals surface area contributed by atoms with Crippen LogP contribution in [0.25, 0.3) is 0 Å². The molecule has 0 saturated heterocycles. The second-order valence-electron chi connectivity index (χ2n) is 3.79. The first-order valence-electron chi connectivity index (χ1n) is 5.67. The number of nitrogens with one attached hydrogen (secondary N) is 1. The normalized spacial score (nSPS) is 12.7. The highest BCUT2D eigenvalue weighted by molar-refractivity contribution is 5.22. The molecule has 3 N–H and O–H groups in total. The Hall–Kier alpha value is -1.04. The van der Waals surface area contributed by atoms with Crippen molar-refractivity contribution in [2.75, 3.05) is 13.2 Å². The summed E-state index contributed by atoms with van der Waals surface area (Å²) in [5.41, 5.74) is 2.87. The van der Waals surface area contributed by atoms with Crippen LogP contribution in [0.2, 0.25) is 0 Å². The summed E-state index contributed by atoms with van der Waals surface area (Å²) in [5.74, 6) is 4.17. The average Bonchev–Trinajstić information content (AvgIpc) is 2.31. The van der Waals surface area contributed by atoms with E-state index in [2.05, 4.69) is 5.43 Å². The van der Waals surface area contributed by atoms with Crippen molar-refractivity contribution in [2.45, 2.75) is 25.8 Å². The fraction of sp³-hybridized carbons (Fsp3) is 0.500.